The predicted molar refractivity (Wildman–Crippen MR) is 345 cm³/mol. The fraction of sp³-hybridized carbons (Fsp3) is 0.212. The molecular weight excluding hydrogens is 1180 g/mol. The Morgan fingerprint density at radius 1 is 0.573 bits per heavy atom. The Balaban J connectivity index is 1.05. The first-order valence-electron chi connectivity index (χ1n) is 28.4. The van der Waals surface area contributed by atoms with E-state index in [9.17, 15) is 20.7 Å². The summed E-state index contributed by atoms with van der Waals surface area (Å²) in [5.74, 6) is 1.21. The van der Waals surface area contributed by atoms with Crippen LogP contribution in [0.25, 0.3) is 34.1 Å². The van der Waals surface area contributed by atoms with Gasteiger partial charge >= 0.3 is 12.1 Å². The second kappa shape index (κ2) is 25.0. The molecule has 0 saturated heterocycles. The molecule has 0 spiro atoms. The van der Waals surface area contributed by atoms with Gasteiger partial charge in [-0.2, -0.15) is 30.7 Å². The van der Waals surface area contributed by atoms with Gasteiger partial charge in [-0.3, -0.25) is 8.80 Å². The summed E-state index contributed by atoms with van der Waals surface area (Å²) in [7, 11) is 0. The number of nitrogens with zero attached hydrogens (tertiary/aromatic N) is 14. The number of hydrogen-bond acceptors (Lipinski definition) is 15. The number of urea groups is 2. The summed E-state index contributed by atoms with van der Waals surface area (Å²) in [6.45, 7) is 15.8. The van der Waals surface area contributed by atoms with E-state index in [0.29, 0.717) is 22.9 Å². The maximum absolute atomic E-state index is 16.2. The molecule has 11 aromatic rings. The number of carbonyl (C=O) groups excluding carboxylic acids is 2. The molecule has 23 heteroatoms. The first kappa shape index (κ1) is 60.6. The molecule has 0 aliphatic heterocycles. The van der Waals surface area contributed by atoms with Crippen LogP contribution in [-0.2, 0) is 23.9 Å². The van der Waals surface area contributed by atoms with Crippen molar-refractivity contribution < 1.29 is 19.8 Å². The molecule has 6 heterocycles. The van der Waals surface area contributed by atoms with Crippen molar-refractivity contribution in [3.8, 4) is 46.4 Å². The average molecular weight is 1240 g/mol. The van der Waals surface area contributed by atoms with Crippen molar-refractivity contribution in [3.05, 3.63) is 197 Å². The molecule has 0 saturated carbocycles. The van der Waals surface area contributed by atoms with Crippen LogP contribution >= 0.6 is 35.3 Å². The van der Waals surface area contributed by atoms with Gasteiger partial charge in [0.1, 0.15) is 29.5 Å². The number of thioether (sulfide) groups is 1. The van der Waals surface area contributed by atoms with Gasteiger partial charge in [0.05, 0.1) is 33.9 Å². The number of hydrogen-bond donors (Lipinski definition) is 4. The molecule has 0 unspecified atom stereocenters. The summed E-state index contributed by atoms with van der Waals surface area (Å²) < 4.78 is 6.86. The number of phenols is 2. The van der Waals surface area contributed by atoms with Gasteiger partial charge in [0.2, 0.25) is 0 Å². The summed E-state index contributed by atoms with van der Waals surface area (Å²) in [6, 6.07) is 46.0. The van der Waals surface area contributed by atoms with E-state index in [1.165, 1.54) is 67.2 Å². The van der Waals surface area contributed by atoms with E-state index >= 15 is 9.59 Å². The van der Waals surface area contributed by atoms with Crippen molar-refractivity contribution >= 4 is 70.3 Å². The van der Waals surface area contributed by atoms with Crippen LogP contribution in [0, 0.1) is 22.7 Å². The van der Waals surface area contributed by atoms with Crippen molar-refractivity contribution in [2.45, 2.75) is 110 Å². The fourth-order valence-electron chi connectivity index (χ4n) is 9.77. The Morgan fingerprint density at radius 2 is 1.02 bits per heavy atom. The SMILES string of the molecule is CSc1ccccc1-c1nnc2ccc(Sc3ccccc3CNC(=O)N(c3cc(C(C)(C)C)nn3-c3ccc(O)c(C#N)c3)N(C(=O)NCc3ccccc3Sc3ccc4nnc(C(C)C)n4c3)c3cc(C(C)(C)C)nn3-c3ccc(O)c(C#N)c3)cn12. The highest BCUT2D eigenvalue weighted by Crippen LogP contribution is 2.39. The summed E-state index contributed by atoms with van der Waals surface area (Å²) in [6.07, 6.45) is 6.02. The smallest absolute Gasteiger partial charge is 0.343 e. The summed E-state index contributed by atoms with van der Waals surface area (Å²) in [5, 5.41) is 78.9. The molecule has 11 rings (SSSR count). The summed E-state index contributed by atoms with van der Waals surface area (Å²) >= 11 is 4.63. The van der Waals surface area contributed by atoms with Crippen LogP contribution < -0.4 is 20.7 Å². The molecule has 89 heavy (non-hydrogen) atoms. The minimum atomic E-state index is -0.793. The van der Waals surface area contributed by atoms with Crippen molar-refractivity contribution in [1.29, 1.82) is 10.5 Å². The van der Waals surface area contributed by atoms with E-state index in [1.54, 1.807) is 36.0 Å². The van der Waals surface area contributed by atoms with Crippen molar-refractivity contribution in [3.63, 3.8) is 0 Å². The topological polar surface area (TPSA) is 249 Å². The second-order valence-corrected chi connectivity index (χ2v) is 26.3. The Bertz CT molecular complexity index is 4600. The summed E-state index contributed by atoms with van der Waals surface area (Å²) in [4.78, 5) is 37.0. The molecule has 0 atom stereocenters. The highest BCUT2D eigenvalue weighted by atomic mass is 32.2. The van der Waals surface area contributed by atoms with E-state index in [0.717, 1.165) is 52.6 Å². The minimum Gasteiger partial charge on any atom is -0.507 e. The van der Waals surface area contributed by atoms with E-state index in [2.05, 4.69) is 63.1 Å². The highest BCUT2D eigenvalue weighted by molar-refractivity contribution is 7.99. The quantitative estimate of drug-likeness (QED) is 0.0550. The van der Waals surface area contributed by atoms with Crippen molar-refractivity contribution in [2.75, 3.05) is 16.3 Å². The van der Waals surface area contributed by atoms with Gasteiger partial charge in [-0.1, -0.05) is 134 Å². The molecule has 448 valence electrons. The first-order valence-corrected chi connectivity index (χ1v) is 31.2. The highest BCUT2D eigenvalue weighted by Gasteiger charge is 2.38. The third kappa shape index (κ3) is 12.6. The first-order chi connectivity index (χ1) is 42.7. The van der Waals surface area contributed by atoms with Crippen LogP contribution in [0.5, 0.6) is 11.5 Å². The number of nitriles is 2. The molecular formula is C66H62N16O4S3. The Labute approximate surface area is 526 Å². The lowest BCUT2D eigenvalue weighted by atomic mass is 9.92. The zero-order chi connectivity index (χ0) is 62.9. The molecule has 0 aliphatic rings. The predicted octanol–water partition coefficient (Wildman–Crippen LogP) is 13.8. The van der Waals surface area contributed by atoms with Gasteiger partial charge in [-0.05, 0) is 96.2 Å². The number of aromatic nitrogens is 10. The molecule has 6 aromatic heterocycles. The van der Waals surface area contributed by atoms with Gasteiger partial charge in [-0.25, -0.2) is 19.0 Å². The molecule has 4 N–H and O–H groups in total. The van der Waals surface area contributed by atoms with Gasteiger partial charge in [-0.15, -0.1) is 32.2 Å². The van der Waals surface area contributed by atoms with Crippen LogP contribution in [0.4, 0.5) is 21.2 Å². The number of pyridine rings is 2. The number of carbonyl (C=O) groups is 2. The third-order valence-corrected chi connectivity index (χ3v) is 17.5. The van der Waals surface area contributed by atoms with Crippen LogP contribution in [0.2, 0.25) is 0 Å². The van der Waals surface area contributed by atoms with Crippen LogP contribution in [-0.4, -0.2) is 77.3 Å². The number of benzene rings is 5. The molecule has 0 fully saturated rings. The van der Waals surface area contributed by atoms with Gasteiger partial charge < -0.3 is 20.8 Å². The number of fused-ring (bicyclic) bond motifs is 2. The number of nitrogens with one attached hydrogen (secondary N) is 2. The molecule has 0 aliphatic carbocycles. The number of phenolic OH excluding ortho intramolecular Hbond substituents is 2. The minimum absolute atomic E-state index is 0.0365. The maximum atomic E-state index is 16.2. The standard InChI is InChI=1S/C66H62N16O4S3/c1-40(2)61-73-71-57-28-24-47(38-77(57)61)88-52-19-13-10-16-41(52)36-69-63(85)81(59-32-55(65(3,4)5)75-79(59)45-22-26-50(83)43(30-45)34-67)82(60-33-56(66(6,7)8)76-80(60)46-23-27-51(84)44(31-46)35-68)64(86)70-37-42-17-11-14-20-53(42)89-48-25-29-58-72-74-62(78(58)39-48)49-18-12-15-21-54(49)87-9/h10-33,38-40,83-84H,36-37H2,1-9H3,(H,69,85)(H,70,86). The lowest BCUT2D eigenvalue weighted by molar-refractivity contribution is 0.236. The third-order valence-electron chi connectivity index (χ3n) is 14.5. The average Bonchev–Trinajstić information content (AvgIpc) is 2.43. The van der Waals surface area contributed by atoms with Crippen molar-refractivity contribution in [2.24, 2.45) is 0 Å². The van der Waals surface area contributed by atoms with Crippen LogP contribution in [0.15, 0.2) is 182 Å². The molecule has 5 aromatic carbocycles. The largest absolute Gasteiger partial charge is 0.507 e. The van der Waals surface area contributed by atoms with Gasteiger partial charge in [0.15, 0.2) is 28.8 Å². The number of amides is 4. The Hall–Kier alpha value is -10.1. The Kier molecular flexibility index (Phi) is 17.0. The van der Waals surface area contributed by atoms with Gasteiger partial charge in [0.25, 0.3) is 0 Å². The normalized spacial score (nSPS) is 11.7. The monoisotopic (exact) mass is 1240 g/mol. The number of anilines is 2. The number of rotatable bonds is 15. The number of aromatic hydroxyl groups is 2. The number of hydrazine groups is 1. The summed E-state index contributed by atoms with van der Waals surface area (Å²) in [5.41, 5.74) is 3.98. The van der Waals surface area contributed by atoms with E-state index in [4.69, 9.17) is 10.2 Å². The van der Waals surface area contributed by atoms with E-state index in [1.807, 2.05) is 160 Å². The maximum Gasteiger partial charge on any atom is 0.343 e. The molecule has 0 radical (unpaired) electrons. The Morgan fingerprint density at radius 3 is 1.49 bits per heavy atom. The second-order valence-electron chi connectivity index (χ2n) is 23.2. The lowest BCUT2D eigenvalue weighted by Gasteiger charge is -2.34. The van der Waals surface area contributed by atoms with Crippen LogP contribution in [0.1, 0.15) is 101 Å². The molecule has 0 bridgehead atoms. The van der Waals surface area contributed by atoms with Gasteiger partial charge in [0, 0.05) is 84.4 Å². The van der Waals surface area contributed by atoms with Crippen molar-refractivity contribution in [1.82, 2.24) is 59.4 Å². The molecule has 20 nitrogen and oxygen atoms in total. The zero-order valence-corrected chi connectivity index (χ0v) is 52.6. The zero-order valence-electron chi connectivity index (χ0n) is 50.2. The molecule has 4 amide bonds. The van der Waals surface area contributed by atoms with E-state index < -0.39 is 22.9 Å². The van der Waals surface area contributed by atoms with E-state index in [-0.39, 0.29) is 64.6 Å². The fourth-order valence-corrected chi connectivity index (χ4v) is 12.3. The lowest BCUT2D eigenvalue weighted by Crippen LogP contribution is -2.58. The van der Waals surface area contributed by atoms with Crippen LogP contribution in [0.3, 0.4) is 0 Å².